The first-order valence-corrected chi connectivity index (χ1v) is 4.53. The van der Waals surface area contributed by atoms with Crippen LogP contribution in [-0.4, -0.2) is 25.2 Å². The Hall–Kier alpha value is -0.160. The fraction of sp³-hybridized carbons (Fsp3) is 1.00. The summed E-state index contributed by atoms with van der Waals surface area (Å²) in [5.41, 5.74) is 21.0. The minimum atomic E-state index is 0.213. The van der Waals surface area contributed by atoms with Crippen molar-refractivity contribution in [1.82, 2.24) is 0 Å². The van der Waals surface area contributed by atoms with Crippen LogP contribution in [-0.2, 0) is 0 Å². The lowest BCUT2D eigenvalue weighted by atomic mass is 10.2. The van der Waals surface area contributed by atoms with Gasteiger partial charge < -0.3 is 22.9 Å². The van der Waals surface area contributed by atoms with Crippen molar-refractivity contribution in [2.75, 3.05) is 13.1 Å². The lowest BCUT2D eigenvalue weighted by Gasteiger charge is -1.99. The molecule has 0 saturated carbocycles. The molecule has 0 saturated heterocycles. The molecule has 0 aliphatic rings. The van der Waals surface area contributed by atoms with Gasteiger partial charge in [0.05, 0.1) is 0 Å². The Bertz CT molecular complexity index is 59.5. The van der Waals surface area contributed by atoms with Crippen molar-refractivity contribution in [2.45, 2.75) is 38.8 Å². The van der Waals surface area contributed by atoms with Crippen LogP contribution in [0.3, 0.4) is 0 Å². The third kappa shape index (κ3) is 12.5. The molecule has 0 amide bonds. The van der Waals surface area contributed by atoms with Crippen LogP contribution >= 0.6 is 0 Å². The highest BCUT2D eigenvalue weighted by Gasteiger charge is 1.89. The smallest absolute Gasteiger partial charge is 0.0160 e. The fourth-order valence-electron chi connectivity index (χ4n) is 0.333. The predicted octanol–water partition coefficient (Wildman–Crippen LogP) is -0.635. The molecule has 0 radical (unpaired) electrons. The third-order valence-electron chi connectivity index (χ3n) is 1.65. The van der Waals surface area contributed by atoms with Gasteiger partial charge in [0.2, 0.25) is 0 Å². The molecular formula is C8H24N4. The molecule has 76 valence electrons. The van der Waals surface area contributed by atoms with Crippen LogP contribution in [0.25, 0.3) is 0 Å². The first kappa shape index (κ1) is 14.4. The molecule has 0 rings (SSSR count). The van der Waals surface area contributed by atoms with E-state index in [0.717, 1.165) is 12.8 Å². The molecule has 0 spiro atoms. The Morgan fingerprint density at radius 1 is 0.833 bits per heavy atom. The van der Waals surface area contributed by atoms with Gasteiger partial charge in [-0.2, -0.15) is 0 Å². The summed E-state index contributed by atoms with van der Waals surface area (Å²) in [6.45, 7) is 5.27. The first-order valence-electron chi connectivity index (χ1n) is 4.53. The van der Waals surface area contributed by atoms with E-state index in [1.54, 1.807) is 0 Å². The van der Waals surface area contributed by atoms with E-state index in [9.17, 15) is 0 Å². The Morgan fingerprint density at radius 3 is 1.08 bits per heavy atom. The minimum Gasteiger partial charge on any atom is -0.329 e. The summed E-state index contributed by atoms with van der Waals surface area (Å²) in [6.07, 6.45) is 1.97. The van der Waals surface area contributed by atoms with Crippen molar-refractivity contribution < 1.29 is 0 Å². The zero-order valence-corrected chi connectivity index (χ0v) is 8.29. The average molecular weight is 176 g/mol. The fourth-order valence-corrected chi connectivity index (χ4v) is 0.333. The summed E-state index contributed by atoms with van der Waals surface area (Å²) < 4.78 is 0. The standard InChI is InChI=1S/2C4H12N2/c2*1-2-4(6)3-5/h2*4H,2-3,5-6H2,1H3. The molecule has 4 nitrogen and oxygen atoms in total. The highest BCUT2D eigenvalue weighted by Crippen LogP contribution is 1.77. The van der Waals surface area contributed by atoms with Gasteiger partial charge in [0.15, 0.2) is 0 Å². The van der Waals surface area contributed by atoms with Crippen molar-refractivity contribution in [3.63, 3.8) is 0 Å². The Balaban J connectivity index is 0. The summed E-state index contributed by atoms with van der Waals surface area (Å²) in [5, 5.41) is 0. The molecular weight excluding hydrogens is 152 g/mol. The SMILES string of the molecule is CCC(N)CN.CCC(N)CN. The normalized spacial score (nSPS) is 14.5. The maximum absolute atomic E-state index is 5.35. The second kappa shape index (κ2) is 10.8. The zero-order valence-electron chi connectivity index (χ0n) is 8.29. The van der Waals surface area contributed by atoms with Crippen molar-refractivity contribution in [3.05, 3.63) is 0 Å². The second-order valence-electron chi connectivity index (χ2n) is 2.81. The summed E-state index contributed by atoms with van der Waals surface area (Å²) in [4.78, 5) is 0. The van der Waals surface area contributed by atoms with Crippen LogP contribution in [0, 0.1) is 0 Å². The molecule has 8 N–H and O–H groups in total. The molecule has 2 atom stereocenters. The van der Waals surface area contributed by atoms with Gasteiger partial charge in [0.1, 0.15) is 0 Å². The van der Waals surface area contributed by atoms with Crippen LogP contribution in [0.4, 0.5) is 0 Å². The molecule has 2 unspecified atom stereocenters. The second-order valence-corrected chi connectivity index (χ2v) is 2.81. The number of rotatable bonds is 4. The van der Waals surface area contributed by atoms with Crippen LogP contribution in [0.2, 0.25) is 0 Å². The summed E-state index contributed by atoms with van der Waals surface area (Å²) >= 11 is 0. The molecule has 0 aromatic carbocycles. The molecule has 0 aliphatic heterocycles. The summed E-state index contributed by atoms with van der Waals surface area (Å²) in [5.74, 6) is 0. The van der Waals surface area contributed by atoms with Crippen molar-refractivity contribution in [1.29, 1.82) is 0 Å². The number of hydrogen-bond donors (Lipinski definition) is 4. The highest BCUT2D eigenvalue weighted by atomic mass is 14.7. The average Bonchev–Trinajstić information content (AvgIpc) is 2.16. The molecule has 0 aromatic rings. The van der Waals surface area contributed by atoms with Gasteiger partial charge in [0.25, 0.3) is 0 Å². The Morgan fingerprint density at radius 2 is 1.08 bits per heavy atom. The zero-order chi connectivity index (χ0) is 9.98. The molecule has 12 heavy (non-hydrogen) atoms. The van der Waals surface area contributed by atoms with E-state index in [1.165, 1.54) is 0 Å². The van der Waals surface area contributed by atoms with Crippen molar-refractivity contribution in [3.8, 4) is 0 Å². The predicted molar refractivity (Wildman–Crippen MR) is 54.6 cm³/mol. The maximum Gasteiger partial charge on any atom is 0.0160 e. The third-order valence-corrected chi connectivity index (χ3v) is 1.65. The minimum absolute atomic E-state index is 0.213. The quantitative estimate of drug-likeness (QED) is 0.457. The lowest BCUT2D eigenvalue weighted by molar-refractivity contribution is 0.660. The molecule has 4 heteroatoms. The molecule has 0 bridgehead atoms. The Labute approximate surface area is 75.7 Å². The number of nitrogens with two attached hydrogens (primary N) is 4. The van der Waals surface area contributed by atoms with Gasteiger partial charge in [-0.15, -0.1) is 0 Å². The Kier molecular flexibility index (Phi) is 13.0. The van der Waals surface area contributed by atoms with Crippen LogP contribution in [0.1, 0.15) is 26.7 Å². The summed E-state index contributed by atoms with van der Waals surface area (Å²) in [7, 11) is 0. The monoisotopic (exact) mass is 176 g/mol. The van der Waals surface area contributed by atoms with E-state index < -0.39 is 0 Å². The van der Waals surface area contributed by atoms with Gasteiger partial charge in [-0.3, -0.25) is 0 Å². The van der Waals surface area contributed by atoms with E-state index in [1.807, 2.05) is 13.8 Å². The lowest BCUT2D eigenvalue weighted by Crippen LogP contribution is -2.28. The van der Waals surface area contributed by atoms with Gasteiger partial charge in [-0.05, 0) is 12.8 Å². The van der Waals surface area contributed by atoms with Gasteiger partial charge in [-0.1, -0.05) is 13.8 Å². The summed E-state index contributed by atoms with van der Waals surface area (Å²) in [6, 6.07) is 0.426. The van der Waals surface area contributed by atoms with E-state index in [4.69, 9.17) is 22.9 Å². The van der Waals surface area contributed by atoms with E-state index in [-0.39, 0.29) is 12.1 Å². The molecule has 0 heterocycles. The molecule has 0 fully saturated rings. The molecule has 0 aliphatic carbocycles. The highest BCUT2D eigenvalue weighted by molar-refractivity contribution is 4.56. The van der Waals surface area contributed by atoms with Gasteiger partial charge in [-0.25, -0.2) is 0 Å². The first-order chi connectivity index (χ1) is 5.62. The van der Waals surface area contributed by atoms with Crippen LogP contribution < -0.4 is 22.9 Å². The number of hydrogen-bond acceptors (Lipinski definition) is 4. The largest absolute Gasteiger partial charge is 0.329 e. The topological polar surface area (TPSA) is 104 Å². The van der Waals surface area contributed by atoms with Crippen LogP contribution in [0.15, 0.2) is 0 Å². The maximum atomic E-state index is 5.35. The van der Waals surface area contributed by atoms with Gasteiger partial charge in [0, 0.05) is 25.2 Å². The van der Waals surface area contributed by atoms with E-state index in [2.05, 4.69) is 0 Å². The van der Waals surface area contributed by atoms with Crippen molar-refractivity contribution >= 4 is 0 Å². The van der Waals surface area contributed by atoms with Crippen molar-refractivity contribution in [2.24, 2.45) is 22.9 Å². The van der Waals surface area contributed by atoms with E-state index >= 15 is 0 Å². The van der Waals surface area contributed by atoms with Gasteiger partial charge >= 0.3 is 0 Å². The van der Waals surface area contributed by atoms with Crippen LogP contribution in [0.5, 0.6) is 0 Å². The van der Waals surface area contributed by atoms with E-state index in [0.29, 0.717) is 13.1 Å². The molecule has 0 aromatic heterocycles.